The molecular formula is C17H22N2O2. The molecule has 0 saturated heterocycles. The molecule has 0 aliphatic rings. The SMILES string of the molecule is CCCNC(C)c1ccc(Oc2ccc(OC)cc2)cn1. The molecule has 1 atom stereocenters. The molecule has 1 aromatic carbocycles. The maximum absolute atomic E-state index is 5.76. The third-order valence-corrected chi connectivity index (χ3v) is 3.20. The standard InChI is InChI=1S/C17H22N2O2/c1-4-11-18-13(2)17-10-9-16(12-19-17)21-15-7-5-14(20-3)6-8-15/h5-10,12-13,18H,4,11H2,1-3H3. The number of ether oxygens (including phenoxy) is 2. The molecular weight excluding hydrogens is 264 g/mol. The Morgan fingerprint density at radius 2 is 1.71 bits per heavy atom. The van der Waals surface area contributed by atoms with Gasteiger partial charge in [-0.25, -0.2) is 0 Å². The number of hydrogen-bond donors (Lipinski definition) is 1. The van der Waals surface area contributed by atoms with Crippen molar-refractivity contribution in [2.24, 2.45) is 0 Å². The molecule has 0 radical (unpaired) electrons. The molecule has 0 fully saturated rings. The number of nitrogens with one attached hydrogen (secondary N) is 1. The van der Waals surface area contributed by atoms with Crippen molar-refractivity contribution in [3.63, 3.8) is 0 Å². The van der Waals surface area contributed by atoms with Crippen molar-refractivity contribution in [2.75, 3.05) is 13.7 Å². The van der Waals surface area contributed by atoms with E-state index in [4.69, 9.17) is 9.47 Å². The summed E-state index contributed by atoms with van der Waals surface area (Å²) in [4.78, 5) is 4.45. The topological polar surface area (TPSA) is 43.4 Å². The Balaban J connectivity index is 1.98. The Morgan fingerprint density at radius 1 is 1.05 bits per heavy atom. The van der Waals surface area contributed by atoms with Gasteiger partial charge in [-0.1, -0.05) is 6.92 Å². The van der Waals surface area contributed by atoms with Gasteiger partial charge in [-0.15, -0.1) is 0 Å². The van der Waals surface area contributed by atoms with E-state index in [1.807, 2.05) is 36.4 Å². The monoisotopic (exact) mass is 286 g/mol. The zero-order valence-electron chi connectivity index (χ0n) is 12.8. The minimum atomic E-state index is 0.250. The second kappa shape index (κ2) is 7.64. The first-order valence-corrected chi connectivity index (χ1v) is 7.24. The zero-order chi connectivity index (χ0) is 15.1. The summed E-state index contributed by atoms with van der Waals surface area (Å²) in [6.45, 7) is 5.26. The minimum Gasteiger partial charge on any atom is -0.497 e. The summed E-state index contributed by atoms with van der Waals surface area (Å²) in [5, 5.41) is 3.41. The molecule has 21 heavy (non-hydrogen) atoms. The highest BCUT2D eigenvalue weighted by atomic mass is 16.5. The summed E-state index contributed by atoms with van der Waals surface area (Å²) in [7, 11) is 1.65. The van der Waals surface area contributed by atoms with E-state index < -0.39 is 0 Å². The fourth-order valence-corrected chi connectivity index (χ4v) is 1.95. The maximum Gasteiger partial charge on any atom is 0.145 e. The molecule has 0 spiro atoms. The van der Waals surface area contributed by atoms with Crippen LogP contribution in [0.15, 0.2) is 42.6 Å². The Bertz CT molecular complexity index is 538. The molecule has 1 aromatic heterocycles. The summed E-state index contributed by atoms with van der Waals surface area (Å²) >= 11 is 0. The lowest BCUT2D eigenvalue weighted by molar-refractivity contribution is 0.412. The van der Waals surface area contributed by atoms with Gasteiger partial charge in [0, 0.05) is 6.04 Å². The zero-order valence-corrected chi connectivity index (χ0v) is 12.8. The maximum atomic E-state index is 5.76. The second-order valence-corrected chi connectivity index (χ2v) is 4.87. The number of aromatic nitrogens is 1. The van der Waals surface area contributed by atoms with Crippen LogP contribution >= 0.6 is 0 Å². The number of methoxy groups -OCH3 is 1. The molecule has 0 aliphatic carbocycles. The molecule has 0 bridgehead atoms. The van der Waals surface area contributed by atoms with Crippen molar-refractivity contribution >= 4 is 0 Å². The summed E-state index contributed by atoms with van der Waals surface area (Å²) in [5.74, 6) is 2.31. The van der Waals surface area contributed by atoms with E-state index >= 15 is 0 Å². The summed E-state index contributed by atoms with van der Waals surface area (Å²) in [6, 6.07) is 11.7. The van der Waals surface area contributed by atoms with Gasteiger partial charge in [0.2, 0.25) is 0 Å². The third kappa shape index (κ3) is 4.46. The predicted molar refractivity (Wildman–Crippen MR) is 84.0 cm³/mol. The summed E-state index contributed by atoms with van der Waals surface area (Å²) in [6.07, 6.45) is 2.87. The van der Waals surface area contributed by atoms with Crippen molar-refractivity contribution in [3.05, 3.63) is 48.3 Å². The lowest BCUT2D eigenvalue weighted by atomic mass is 10.2. The largest absolute Gasteiger partial charge is 0.497 e. The average Bonchev–Trinajstić information content (AvgIpc) is 2.54. The molecule has 2 aromatic rings. The van der Waals surface area contributed by atoms with Crippen molar-refractivity contribution in [2.45, 2.75) is 26.3 Å². The van der Waals surface area contributed by atoms with Crippen molar-refractivity contribution < 1.29 is 9.47 Å². The highest BCUT2D eigenvalue weighted by Gasteiger charge is 2.06. The van der Waals surface area contributed by atoms with Gasteiger partial charge in [0.1, 0.15) is 17.2 Å². The van der Waals surface area contributed by atoms with Crippen LogP contribution in [0, 0.1) is 0 Å². The van der Waals surface area contributed by atoms with Crippen LogP contribution in [0.1, 0.15) is 32.0 Å². The van der Waals surface area contributed by atoms with Crippen LogP contribution in [0.3, 0.4) is 0 Å². The molecule has 1 unspecified atom stereocenters. The normalized spacial score (nSPS) is 12.0. The number of rotatable bonds is 7. The van der Waals surface area contributed by atoms with E-state index in [1.54, 1.807) is 13.3 Å². The van der Waals surface area contributed by atoms with Crippen LogP contribution in [-0.2, 0) is 0 Å². The van der Waals surface area contributed by atoms with Gasteiger partial charge in [-0.05, 0) is 56.3 Å². The van der Waals surface area contributed by atoms with Crippen LogP contribution in [-0.4, -0.2) is 18.6 Å². The Kier molecular flexibility index (Phi) is 5.58. The molecule has 0 amide bonds. The quantitative estimate of drug-likeness (QED) is 0.837. The van der Waals surface area contributed by atoms with Crippen molar-refractivity contribution in [3.8, 4) is 17.2 Å². The summed E-state index contributed by atoms with van der Waals surface area (Å²) in [5.41, 5.74) is 1.02. The van der Waals surface area contributed by atoms with Gasteiger partial charge in [-0.2, -0.15) is 0 Å². The minimum absolute atomic E-state index is 0.250. The van der Waals surface area contributed by atoms with E-state index in [2.05, 4.69) is 24.1 Å². The first-order chi connectivity index (χ1) is 10.2. The van der Waals surface area contributed by atoms with Crippen molar-refractivity contribution in [1.82, 2.24) is 10.3 Å². The van der Waals surface area contributed by atoms with E-state index in [1.165, 1.54) is 0 Å². The Labute approximate surface area is 126 Å². The van der Waals surface area contributed by atoms with Crippen LogP contribution in [0.5, 0.6) is 17.2 Å². The number of pyridine rings is 1. The highest BCUT2D eigenvalue weighted by Crippen LogP contribution is 2.24. The van der Waals surface area contributed by atoms with Crippen LogP contribution < -0.4 is 14.8 Å². The second-order valence-electron chi connectivity index (χ2n) is 4.87. The van der Waals surface area contributed by atoms with Crippen LogP contribution in [0.25, 0.3) is 0 Å². The lowest BCUT2D eigenvalue weighted by Gasteiger charge is -2.13. The Hall–Kier alpha value is -2.07. The molecule has 0 aliphatic heterocycles. The van der Waals surface area contributed by atoms with E-state index in [-0.39, 0.29) is 6.04 Å². The van der Waals surface area contributed by atoms with E-state index in [9.17, 15) is 0 Å². The van der Waals surface area contributed by atoms with Gasteiger partial charge in [0.15, 0.2) is 0 Å². The van der Waals surface area contributed by atoms with E-state index in [0.29, 0.717) is 0 Å². The molecule has 0 saturated carbocycles. The molecule has 2 rings (SSSR count). The number of nitrogens with zero attached hydrogens (tertiary/aromatic N) is 1. The number of hydrogen-bond acceptors (Lipinski definition) is 4. The smallest absolute Gasteiger partial charge is 0.145 e. The van der Waals surface area contributed by atoms with Gasteiger partial charge >= 0.3 is 0 Å². The van der Waals surface area contributed by atoms with Gasteiger partial charge in [0.05, 0.1) is 19.0 Å². The Morgan fingerprint density at radius 3 is 2.29 bits per heavy atom. The van der Waals surface area contributed by atoms with Crippen LogP contribution in [0.4, 0.5) is 0 Å². The fraction of sp³-hybridized carbons (Fsp3) is 0.353. The molecule has 1 N–H and O–H groups in total. The molecule has 1 heterocycles. The van der Waals surface area contributed by atoms with E-state index in [0.717, 1.165) is 35.9 Å². The fourth-order valence-electron chi connectivity index (χ4n) is 1.95. The first kappa shape index (κ1) is 15.3. The molecule has 112 valence electrons. The lowest BCUT2D eigenvalue weighted by Crippen LogP contribution is -2.20. The molecule has 4 heteroatoms. The first-order valence-electron chi connectivity index (χ1n) is 7.24. The predicted octanol–water partition coefficient (Wildman–Crippen LogP) is 3.94. The van der Waals surface area contributed by atoms with Gasteiger partial charge in [0.25, 0.3) is 0 Å². The van der Waals surface area contributed by atoms with Crippen molar-refractivity contribution in [1.29, 1.82) is 0 Å². The van der Waals surface area contributed by atoms with Gasteiger partial charge < -0.3 is 14.8 Å². The highest BCUT2D eigenvalue weighted by molar-refractivity contribution is 5.34. The van der Waals surface area contributed by atoms with Crippen LogP contribution in [0.2, 0.25) is 0 Å². The molecule has 4 nitrogen and oxygen atoms in total. The third-order valence-electron chi connectivity index (χ3n) is 3.20. The summed E-state index contributed by atoms with van der Waals surface area (Å²) < 4.78 is 10.9. The van der Waals surface area contributed by atoms with Gasteiger partial charge in [-0.3, -0.25) is 4.98 Å². The number of benzene rings is 1. The average molecular weight is 286 g/mol.